The van der Waals surface area contributed by atoms with E-state index >= 15 is 0 Å². The molecule has 286 valence electrons. The van der Waals surface area contributed by atoms with Crippen LogP contribution in [0.25, 0.3) is 10.8 Å². The lowest BCUT2D eigenvalue weighted by atomic mass is 10.1. The molecule has 17 heteroatoms. The van der Waals surface area contributed by atoms with Crippen molar-refractivity contribution in [1.29, 1.82) is 0 Å². The third kappa shape index (κ3) is 10.9. The Labute approximate surface area is 326 Å². The Morgan fingerprint density at radius 3 is 2.28 bits per heavy atom. The van der Waals surface area contributed by atoms with Crippen LogP contribution in [0.5, 0.6) is 5.75 Å². The number of imidazole rings is 1. The minimum absolute atomic E-state index is 0.148. The summed E-state index contributed by atoms with van der Waals surface area (Å²) in [6.07, 6.45) is 5.48. The van der Waals surface area contributed by atoms with E-state index in [2.05, 4.69) is 29.8 Å². The highest BCUT2D eigenvalue weighted by molar-refractivity contribution is 7.93. The summed E-state index contributed by atoms with van der Waals surface area (Å²) in [7, 11) is -5.30. The lowest BCUT2D eigenvalue weighted by Gasteiger charge is -2.24. The quantitative estimate of drug-likeness (QED) is 0.0502. The first-order valence-electron chi connectivity index (χ1n) is 16.9. The average Bonchev–Trinajstić information content (AvgIpc) is 3.75. The minimum atomic E-state index is -3.99. The number of rotatable bonds is 14. The largest absolute Gasteiger partial charge is 0.489 e. The second-order valence-electron chi connectivity index (χ2n) is 13.4. The van der Waals surface area contributed by atoms with E-state index in [1.165, 1.54) is 10.9 Å². The normalized spacial score (nSPS) is 11.6. The smallest absolute Gasteiger partial charge is 0.329 e. The first-order chi connectivity index (χ1) is 25.0. The Bertz CT molecular complexity index is 2090. The maximum absolute atomic E-state index is 13.7. The zero-order valence-corrected chi connectivity index (χ0v) is 34.7. The summed E-state index contributed by atoms with van der Waals surface area (Å²) >= 11 is 18.0. The number of hydrogen-bond donors (Lipinski definition) is 1. The molecule has 0 aliphatic heterocycles. The molecule has 5 aromatic rings. The fourth-order valence-electron chi connectivity index (χ4n) is 5.08. The number of carbonyl (C=O) groups excluding carboxylic acids is 1. The number of anilines is 2. The molecular formula is C36H45Cl3N6O6SSi. The molecule has 0 bridgehead atoms. The molecular weight excluding hydrogens is 779 g/mol. The maximum atomic E-state index is 13.7. The zero-order chi connectivity index (χ0) is 38.9. The van der Waals surface area contributed by atoms with Gasteiger partial charge in [0, 0.05) is 60.7 Å². The first kappa shape index (κ1) is 42.0. The van der Waals surface area contributed by atoms with Crippen molar-refractivity contribution in [3.63, 3.8) is 0 Å². The molecule has 1 amide bonds. The highest BCUT2D eigenvalue weighted by Crippen LogP contribution is 2.36. The number of aryl methyl sites for hydroxylation is 1. The van der Waals surface area contributed by atoms with E-state index in [0.717, 1.165) is 16.8 Å². The lowest BCUT2D eigenvalue weighted by molar-refractivity contribution is 0.153. The number of amides is 1. The molecule has 0 radical (unpaired) electrons. The number of nitrogen functional groups attached to an aromatic ring is 1. The van der Waals surface area contributed by atoms with Gasteiger partial charge >= 0.3 is 6.03 Å². The van der Waals surface area contributed by atoms with Gasteiger partial charge in [0.2, 0.25) is 5.88 Å². The number of nitrogens with zero attached hydrogens (tertiary/aromatic N) is 5. The number of aromatic nitrogens is 3. The number of halogens is 3. The van der Waals surface area contributed by atoms with Crippen LogP contribution in [0, 0.1) is 13.8 Å². The van der Waals surface area contributed by atoms with Gasteiger partial charge in [-0.15, -0.1) is 0 Å². The van der Waals surface area contributed by atoms with E-state index in [1.807, 2.05) is 13.0 Å². The molecule has 2 heterocycles. The van der Waals surface area contributed by atoms with E-state index < -0.39 is 18.1 Å². The molecule has 0 spiro atoms. The number of hydrogen-bond acceptors (Lipinski definition) is 9. The van der Waals surface area contributed by atoms with Crippen LogP contribution in [0.1, 0.15) is 24.6 Å². The zero-order valence-electron chi connectivity index (χ0n) is 30.6. The Balaban J connectivity index is 0.000000245. The fourth-order valence-corrected chi connectivity index (χ4v) is 8.31. The summed E-state index contributed by atoms with van der Waals surface area (Å²) in [6, 6.07) is 14.2. The van der Waals surface area contributed by atoms with Gasteiger partial charge in [0.15, 0.2) is 5.75 Å². The molecule has 12 nitrogen and oxygen atoms in total. The molecule has 0 aliphatic rings. The number of ether oxygens (including phenoxy) is 2. The van der Waals surface area contributed by atoms with Crippen LogP contribution in [-0.2, 0) is 14.8 Å². The van der Waals surface area contributed by atoms with Crippen LogP contribution in [0.3, 0.4) is 0 Å². The number of fused-ring (bicyclic) bond motifs is 1. The van der Waals surface area contributed by atoms with E-state index in [-0.39, 0.29) is 30.1 Å². The van der Waals surface area contributed by atoms with Crippen LogP contribution in [-0.4, -0.2) is 75.2 Å². The second-order valence-corrected chi connectivity index (χ2v) is 22.1. The fraction of sp³-hybridized carbons (Fsp3) is 0.361. The Hall–Kier alpha value is -3.79. The standard InChI is InChI=1S/C21H29N3O4SSi.C15H16Cl3N3O2/c1-15-16(2)23-28-21(15)24(14-27-12-13-30(3,4)5)29(25,26)20-11-7-8-17-18(20)9-6-10-19(17)22;1-2-4-20(15(22)21-5-3-19-10-21)6-7-23-14-12(17)8-11(16)9-13(14)18/h6-11H,12-14,22H2,1-5H3;3,5,8-10H,2,4,6-7H2,1H3. The second kappa shape index (κ2) is 18.5. The molecule has 2 aromatic heterocycles. The molecule has 3 aromatic carbocycles. The molecule has 5 rings (SSSR count). The van der Waals surface area contributed by atoms with Crippen LogP contribution in [0.2, 0.25) is 40.8 Å². The van der Waals surface area contributed by atoms with Crippen LogP contribution >= 0.6 is 34.8 Å². The molecule has 2 N–H and O–H groups in total. The van der Waals surface area contributed by atoms with Crippen LogP contribution in [0.4, 0.5) is 16.4 Å². The van der Waals surface area contributed by atoms with Crippen molar-refractivity contribution in [2.24, 2.45) is 0 Å². The van der Waals surface area contributed by atoms with Crippen LogP contribution < -0.4 is 14.8 Å². The summed E-state index contributed by atoms with van der Waals surface area (Å²) in [6.45, 7) is 13.9. The maximum Gasteiger partial charge on any atom is 0.329 e. The predicted octanol–water partition coefficient (Wildman–Crippen LogP) is 9.14. The van der Waals surface area contributed by atoms with Crippen molar-refractivity contribution in [3.05, 3.63) is 93.6 Å². The molecule has 53 heavy (non-hydrogen) atoms. The highest BCUT2D eigenvalue weighted by Gasteiger charge is 2.32. The van der Waals surface area contributed by atoms with Gasteiger partial charge in [-0.2, -0.15) is 0 Å². The lowest BCUT2D eigenvalue weighted by Crippen LogP contribution is -2.37. The monoisotopic (exact) mass is 822 g/mol. The van der Waals surface area contributed by atoms with Gasteiger partial charge < -0.3 is 24.6 Å². The van der Waals surface area contributed by atoms with Crippen molar-refractivity contribution < 1.29 is 27.2 Å². The van der Waals surface area contributed by atoms with Gasteiger partial charge in [-0.3, -0.25) is 4.57 Å². The van der Waals surface area contributed by atoms with Crippen molar-refractivity contribution in [2.45, 2.75) is 57.8 Å². The SMILES string of the molecule is CCCN(CCOc1c(Cl)cc(Cl)cc1Cl)C(=O)n1ccnc1.Cc1noc(N(COCC[Si](C)(C)C)S(=O)(=O)c2cccc3c(N)cccc23)c1C. The number of sulfonamides is 1. The van der Waals surface area contributed by atoms with Crippen LogP contribution in [0.15, 0.2) is 76.7 Å². The van der Waals surface area contributed by atoms with Gasteiger partial charge in [-0.05, 0) is 50.6 Å². The van der Waals surface area contributed by atoms with E-state index in [0.29, 0.717) is 68.2 Å². The molecule has 0 aliphatic carbocycles. The Morgan fingerprint density at radius 1 is 1.00 bits per heavy atom. The summed E-state index contributed by atoms with van der Waals surface area (Å²) in [4.78, 5) is 18.1. The van der Waals surface area contributed by atoms with E-state index in [9.17, 15) is 13.2 Å². The van der Waals surface area contributed by atoms with Gasteiger partial charge in [0.25, 0.3) is 10.0 Å². The van der Waals surface area contributed by atoms with Crippen molar-refractivity contribution >= 4 is 81.3 Å². The number of carbonyl (C=O) groups is 1. The van der Waals surface area contributed by atoms with Gasteiger partial charge in [-0.1, -0.05) is 90.8 Å². The Morgan fingerprint density at radius 2 is 1.68 bits per heavy atom. The number of nitrogens with two attached hydrogens (primary N) is 1. The van der Waals surface area contributed by atoms with E-state index in [1.54, 1.807) is 73.6 Å². The molecule has 0 saturated carbocycles. The van der Waals surface area contributed by atoms with Gasteiger partial charge in [0.05, 0.1) is 27.2 Å². The third-order valence-corrected chi connectivity index (χ3v) is 12.4. The summed E-state index contributed by atoms with van der Waals surface area (Å²) in [5, 5.41) is 6.29. The summed E-state index contributed by atoms with van der Waals surface area (Å²) < 4.78 is 46.9. The topological polar surface area (TPSA) is 146 Å². The van der Waals surface area contributed by atoms with Crippen molar-refractivity contribution in [1.82, 2.24) is 19.6 Å². The van der Waals surface area contributed by atoms with Gasteiger partial charge in [0.1, 0.15) is 19.7 Å². The molecule has 0 atom stereocenters. The van der Waals surface area contributed by atoms with Crippen molar-refractivity contribution in [2.75, 3.05) is 43.1 Å². The summed E-state index contributed by atoms with van der Waals surface area (Å²) in [5.41, 5.74) is 7.88. The third-order valence-electron chi connectivity index (χ3n) is 8.11. The van der Waals surface area contributed by atoms with Crippen molar-refractivity contribution in [3.8, 4) is 5.75 Å². The number of benzene rings is 3. The average molecular weight is 824 g/mol. The minimum Gasteiger partial charge on any atom is -0.489 e. The van der Waals surface area contributed by atoms with Gasteiger partial charge in [-0.25, -0.2) is 22.5 Å². The highest BCUT2D eigenvalue weighted by atomic mass is 35.5. The Kier molecular flexibility index (Phi) is 14.6. The summed E-state index contributed by atoms with van der Waals surface area (Å²) in [5.74, 6) is 0.533. The molecule has 0 saturated heterocycles. The molecule has 0 unspecified atom stereocenters. The van der Waals surface area contributed by atoms with E-state index in [4.69, 9.17) is 54.5 Å². The predicted molar refractivity (Wildman–Crippen MR) is 215 cm³/mol. The molecule has 0 fully saturated rings. The first-order valence-corrected chi connectivity index (χ1v) is 23.2.